The van der Waals surface area contributed by atoms with Crippen LogP contribution in [0.15, 0.2) is 61.1 Å². The van der Waals surface area contributed by atoms with Crippen molar-refractivity contribution in [2.24, 2.45) is 0 Å². The molecule has 0 fully saturated rings. The van der Waals surface area contributed by atoms with E-state index in [2.05, 4.69) is 27.2 Å². The van der Waals surface area contributed by atoms with Crippen LogP contribution in [0.2, 0.25) is 0 Å². The number of unbranched alkanes of at least 4 members (excludes halogenated alkanes) is 1. The maximum absolute atomic E-state index is 13.5. The van der Waals surface area contributed by atoms with Gasteiger partial charge in [0.05, 0.1) is 23.4 Å². The number of benzene rings is 2. The van der Waals surface area contributed by atoms with Gasteiger partial charge in [0.15, 0.2) is 0 Å². The van der Waals surface area contributed by atoms with Gasteiger partial charge in [-0.2, -0.15) is 13.2 Å². The van der Waals surface area contributed by atoms with Crippen molar-refractivity contribution in [3.63, 3.8) is 0 Å². The highest BCUT2D eigenvalue weighted by molar-refractivity contribution is 5.93. The van der Waals surface area contributed by atoms with E-state index in [0.29, 0.717) is 28.0 Å². The molecule has 4 rings (SSSR count). The van der Waals surface area contributed by atoms with Gasteiger partial charge in [0.25, 0.3) is 0 Å². The molecule has 35 heavy (non-hydrogen) atoms. The number of alkyl halides is 3. The van der Waals surface area contributed by atoms with Crippen LogP contribution >= 0.6 is 0 Å². The molecule has 0 aliphatic heterocycles. The van der Waals surface area contributed by atoms with E-state index in [0.717, 1.165) is 36.6 Å². The number of aliphatic hydroxyl groups is 1. The van der Waals surface area contributed by atoms with Crippen molar-refractivity contribution in [1.82, 2.24) is 15.0 Å². The molecule has 0 saturated heterocycles. The van der Waals surface area contributed by atoms with Crippen LogP contribution in [0.3, 0.4) is 0 Å². The summed E-state index contributed by atoms with van der Waals surface area (Å²) in [5, 5.41) is 13.1. The zero-order valence-electron chi connectivity index (χ0n) is 19.1. The molecule has 0 amide bonds. The number of nitrogens with one attached hydrogen (secondary N) is 1. The van der Waals surface area contributed by atoms with Gasteiger partial charge in [0, 0.05) is 28.9 Å². The fourth-order valence-corrected chi connectivity index (χ4v) is 3.80. The van der Waals surface area contributed by atoms with E-state index in [-0.39, 0.29) is 18.9 Å². The number of anilines is 2. The predicted octanol–water partition coefficient (Wildman–Crippen LogP) is 6.17. The first kappa shape index (κ1) is 24.4. The molecule has 0 aliphatic carbocycles. The average Bonchev–Trinajstić information content (AvgIpc) is 2.86. The number of fused-ring (bicyclic) bond motifs is 1. The van der Waals surface area contributed by atoms with Crippen LogP contribution in [0.1, 0.15) is 30.9 Å². The van der Waals surface area contributed by atoms with Gasteiger partial charge in [-0.05, 0) is 48.7 Å². The summed E-state index contributed by atoms with van der Waals surface area (Å²) < 4.78 is 46.1. The number of rotatable bonds is 9. The summed E-state index contributed by atoms with van der Waals surface area (Å²) >= 11 is 0. The summed E-state index contributed by atoms with van der Waals surface area (Å²) in [4.78, 5) is 12.5. The zero-order valence-corrected chi connectivity index (χ0v) is 19.1. The third-order valence-electron chi connectivity index (χ3n) is 5.50. The van der Waals surface area contributed by atoms with Gasteiger partial charge in [-0.1, -0.05) is 25.5 Å². The van der Waals surface area contributed by atoms with Gasteiger partial charge in [-0.3, -0.25) is 4.98 Å². The monoisotopic (exact) mass is 482 g/mol. The second kappa shape index (κ2) is 10.7. The fourth-order valence-electron chi connectivity index (χ4n) is 3.80. The van der Waals surface area contributed by atoms with E-state index < -0.39 is 11.7 Å². The van der Waals surface area contributed by atoms with Crippen LogP contribution in [0.4, 0.5) is 24.7 Å². The SMILES string of the molecule is CCCCc1ccc(Nc2ncnc3cc(-c4ncccc4C(F)(F)F)ccc23)cc1OCCO. The van der Waals surface area contributed by atoms with Gasteiger partial charge >= 0.3 is 6.18 Å². The van der Waals surface area contributed by atoms with Crippen molar-refractivity contribution < 1.29 is 23.0 Å². The van der Waals surface area contributed by atoms with Crippen molar-refractivity contribution in [2.45, 2.75) is 32.4 Å². The summed E-state index contributed by atoms with van der Waals surface area (Å²) in [6.45, 7) is 2.22. The first-order valence-electron chi connectivity index (χ1n) is 11.3. The molecule has 9 heteroatoms. The second-order valence-electron chi connectivity index (χ2n) is 7.97. The number of nitrogens with zero attached hydrogens (tertiary/aromatic N) is 3. The lowest BCUT2D eigenvalue weighted by Gasteiger charge is -2.15. The van der Waals surface area contributed by atoms with Gasteiger partial charge in [0.1, 0.15) is 24.5 Å². The summed E-state index contributed by atoms with van der Waals surface area (Å²) in [6, 6.07) is 12.9. The summed E-state index contributed by atoms with van der Waals surface area (Å²) in [5.41, 5.74) is 1.63. The predicted molar refractivity (Wildman–Crippen MR) is 129 cm³/mol. The Hall–Kier alpha value is -3.72. The van der Waals surface area contributed by atoms with Gasteiger partial charge in [0.2, 0.25) is 0 Å². The van der Waals surface area contributed by atoms with Crippen LogP contribution in [-0.4, -0.2) is 33.3 Å². The molecule has 0 spiro atoms. The van der Waals surface area contributed by atoms with E-state index in [1.54, 1.807) is 18.2 Å². The van der Waals surface area contributed by atoms with E-state index in [1.165, 1.54) is 18.6 Å². The van der Waals surface area contributed by atoms with E-state index in [4.69, 9.17) is 9.84 Å². The molecule has 0 aliphatic rings. The van der Waals surface area contributed by atoms with Crippen LogP contribution in [0.25, 0.3) is 22.2 Å². The fraction of sp³-hybridized carbons (Fsp3) is 0.269. The largest absolute Gasteiger partial charge is 0.491 e. The zero-order chi connectivity index (χ0) is 24.8. The molecule has 6 nitrogen and oxygen atoms in total. The van der Waals surface area contributed by atoms with E-state index >= 15 is 0 Å². The Morgan fingerprint density at radius 3 is 2.66 bits per heavy atom. The Morgan fingerprint density at radius 1 is 1.03 bits per heavy atom. The Labute approximate surface area is 200 Å². The molecule has 2 aromatic carbocycles. The van der Waals surface area contributed by atoms with E-state index in [9.17, 15) is 13.2 Å². The number of pyridine rings is 1. The Morgan fingerprint density at radius 2 is 1.89 bits per heavy atom. The maximum Gasteiger partial charge on any atom is 0.418 e. The van der Waals surface area contributed by atoms with Crippen molar-refractivity contribution in [3.05, 3.63) is 72.2 Å². The minimum atomic E-state index is -4.52. The second-order valence-corrected chi connectivity index (χ2v) is 7.97. The number of aromatic nitrogens is 3. The third kappa shape index (κ3) is 5.68. The standard InChI is InChI=1S/C26H25F3N4O2/c1-2-3-5-17-7-9-19(15-23(17)35-13-12-34)33-25-20-10-8-18(14-22(20)31-16-32-25)24-21(26(27,28)29)6-4-11-30-24/h4,6-11,14-16,34H,2-3,5,12-13H2,1H3,(H,31,32,33). The van der Waals surface area contributed by atoms with E-state index in [1.807, 2.05) is 18.2 Å². The lowest BCUT2D eigenvalue weighted by Crippen LogP contribution is -2.08. The van der Waals surface area contributed by atoms with Crippen LogP contribution < -0.4 is 10.1 Å². The van der Waals surface area contributed by atoms with Gasteiger partial charge < -0.3 is 15.2 Å². The summed E-state index contributed by atoms with van der Waals surface area (Å²) in [6.07, 6.45) is 1.11. The first-order chi connectivity index (χ1) is 16.9. The van der Waals surface area contributed by atoms with Crippen LogP contribution in [0, 0.1) is 0 Å². The Balaban J connectivity index is 1.67. The molecule has 2 heterocycles. The molecule has 0 bridgehead atoms. The lowest BCUT2D eigenvalue weighted by molar-refractivity contribution is -0.137. The highest BCUT2D eigenvalue weighted by Crippen LogP contribution is 2.37. The minimum Gasteiger partial charge on any atom is -0.491 e. The molecule has 4 aromatic rings. The number of halogens is 3. The Bertz CT molecular complexity index is 1310. The van der Waals surface area contributed by atoms with Crippen LogP contribution in [-0.2, 0) is 12.6 Å². The smallest absolute Gasteiger partial charge is 0.418 e. The van der Waals surface area contributed by atoms with Gasteiger partial charge in [-0.25, -0.2) is 9.97 Å². The highest BCUT2D eigenvalue weighted by Gasteiger charge is 2.34. The van der Waals surface area contributed by atoms with Crippen molar-refractivity contribution in [2.75, 3.05) is 18.5 Å². The summed E-state index contributed by atoms with van der Waals surface area (Å²) in [7, 11) is 0. The number of hydrogen-bond acceptors (Lipinski definition) is 6. The van der Waals surface area contributed by atoms with Crippen molar-refractivity contribution >= 4 is 22.4 Å². The molecule has 0 radical (unpaired) electrons. The highest BCUT2D eigenvalue weighted by atomic mass is 19.4. The molecular weight excluding hydrogens is 457 g/mol. The number of hydrogen-bond donors (Lipinski definition) is 2. The lowest BCUT2D eigenvalue weighted by atomic mass is 10.0. The maximum atomic E-state index is 13.5. The molecule has 2 aromatic heterocycles. The van der Waals surface area contributed by atoms with Gasteiger partial charge in [-0.15, -0.1) is 0 Å². The first-order valence-corrected chi connectivity index (χ1v) is 11.3. The number of aryl methyl sites for hydroxylation is 1. The third-order valence-corrected chi connectivity index (χ3v) is 5.50. The molecular formula is C26H25F3N4O2. The van der Waals surface area contributed by atoms with Crippen LogP contribution in [0.5, 0.6) is 5.75 Å². The molecule has 2 N–H and O–H groups in total. The number of aliphatic hydroxyl groups excluding tert-OH is 1. The molecule has 0 unspecified atom stereocenters. The quantitative estimate of drug-likeness (QED) is 0.297. The molecule has 0 atom stereocenters. The molecule has 0 saturated carbocycles. The molecule has 182 valence electrons. The minimum absolute atomic E-state index is 0.0872. The van der Waals surface area contributed by atoms with Crippen molar-refractivity contribution in [3.8, 4) is 17.0 Å². The number of ether oxygens (including phenoxy) is 1. The average molecular weight is 483 g/mol. The topological polar surface area (TPSA) is 80.2 Å². The summed E-state index contributed by atoms with van der Waals surface area (Å²) in [5.74, 6) is 1.20. The van der Waals surface area contributed by atoms with Crippen molar-refractivity contribution in [1.29, 1.82) is 0 Å². The Kier molecular flexibility index (Phi) is 7.45. The normalized spacial score (nSPS) is 11.6.